The van der Waals surface area contributed by atoms with Crippen molar-refractivity contribution in [1.29, 1.82) is 0 Å². The minimum Gasteiger partial charge on any atom is -0.338 e. The van der Waals surface area contributed by atoms with Crippen molar-refractivity contribution in [3.63, 3.8) is 0 Å². The smallest absolute Gasteiger partial charge is 0.273 e. The van der Waals surface area contributed by atoms with Crippen LogP contribution in [0.25, 0.3) is 0 Å². The number of benzene rings is 1. The number of amides is 1. The molecule has 24 heavy (non-hydrogen) atoms. The van der Waals surface area contributed by atoms with Gasteiger partial charge in [0, 0.05) is 36.8 Å². The molecule has 1 aromatic rings. The first-order valence-corrected chi connectivity index (χ1v) is 9.55. The Morgan fingerprint density at radius 3 is 2.79 bits per heavy atom. The molecule has 0 saturated carbocycles. The normalized spacial score (nSPS) is 18.4. The van der Waals surface area contributed by atoms with Crippen LogP contribution in [0.2, 0.25) is 0 Å². The van der Waals surface area contributed by atoms with Crippen molar-refractivity contribution in [3.05, 3.63) is 39.4 Å². The summed E-state index contributed by atoms with van der Waals surface area (Å²) in [6, 6.07) is 4.46. The summed E-state index contributed by atoms with van der Waals surface area (Å²) in [5, 5.41) is 11.0. The lowest BCUT2D eigenvalue weighted by Gasteiger charge is -2.32. The van der Waals surface area contributed by atoms with Crippen LogP contribution in [0, 0.1) is 23.0 Å². The van der Waals surface area contributed by atoms with Crippen molar-refractivity contribution in [2.75, 3.05) is 25.9 Å². The molecular formula is C15H21N3O5S. The Morgan fingerprint density at radius 2 is 2.17 bits per heavy atom. The maximum Gasteiger partial charge on any atom is 0.273 e. The van der Waals surface area contributed by atoms with Gasteiger partial charge in [0.05, 0.1) is 11.2 Å². The molecule has 8 nitrogen and oxygen atoms in total. The van der Waals surface area contributed by atoms with Crippen LogP contribution in [0.4, 0.5) is 5.69 Å². The van der Waals surface area contributed by atoms with Gasteiger partial charge in [-0.1, -0.05) is 6.07 Å². The minimum atomic E-state index is -3.26. The molecule has 0 aromatic heterocycles. The van der Waals surface area contributed by atoms with E-state index in [1.54, 1.807) is 24.0 Å². The fourth-order valence-electron chi connectivity index (χ4n) is 2.81. The predicted molar refractivity (Wildman–Crippen MR) is 89.3 cm³/mol. The lowest BCUT2D eigenvalue weighted by molar-refractivity contribution is -0.385. The molecule has 9 heteroatoms. The third-order valence-electron chi connectivity index (χ3n) is 4.09. The molecule has 1 N–H and O–H groups in total. The van der Waals surface area contributed by atoms with Crippen LogP contribution in [-0.2, 0) is 10.0 Å². The highest BCUT2D eigenvalue weighted by atomic mass is 32.2. The predicted octanol–water partition coefficient (Wildman–Crippen LogP) is 1.30. The van der Waals surface area contributed by atoms with Crippen molar-refractivity contribution in [3.8, 4) is 0 Å². The second kappa shape index (κ2) is 7.27. The Bertz CT molecular complexity index is 747. The highest BCUT2D eigenvalue weighted by Gasteiger charge is 2.26. The number of piperidine rings is 1. The van der Waals surface area contributed by atoms with Gasteiger partial charge in [0.25, 0.3) is 11.6 Å². The van der Waals surface area contributed by atoms with E-state index in [0.29, 0.717) is 18.7 Å². The van der Waals surface area contributed by atoms with Crippen molar-refractivity contribution in [2.24, 2.45) is 5.92 Å². The number of nitrogens with zero attached hydrogens (tertiary/aromatic N) is 2. The number of nitrogens with one attached hydrogen (secondary N) is 1. The summed E-state index contributed by atoms with van der Waals surface area (Å²) in [4.78, 5) is 24.7. The monoisotopic (exact) mass is 355 g/mol. The van der Waals surface area contributed by atoms with Crippen LogP contribution in [0.3, 0.4) is 0 Å². The van der Waals surface area contributed by atoms with E-state index in [9.17, 15) is 23.3 Å². The Balaban J connectivity index is 2.09. The van der Waals surface area contributed by atoms with Gasteiger partial charge in [-0.2, -0.15) is 0 Å². The summed E-state index contributed by atoms with van der Waals surface area (Å²) >= 11 is 0. The third-order valence-corrected chi connectivity index (χ3v) is 4.78. The number of rotatable bonds is 5. The lowest BCUT2D eigenvalue weighted by Crippen LogP contribution is -2.43. The maximum atomic E-state index is 12.6. The molecule has 1 fully saturated rings. The van der Waals surface area contributed by atoms with Gasteiger partial charge in [-0.15, -0.1) is 0 Å². The van der Waals surface area contributed by atoms with E-state index in [4.69, 9.17) is 0 Å². The fraction of sp³-hybridized carbons (Fsp3) is 0.533. The number of nitro benzene ring substituents is 1. The van der Waals surface area contributed by atoms with Crippen molar-refractivity contribution in [2.45, 2.75) is 19.8 Å². The number of hydrogen-bond acceptors (Lipinski definition) is 5. The standard InChI is InChI=1S/C15H21N3O5S/c1-11-5-6-13(8-14(11)18(20)21)15(19)17-7-3-4-12(10-17)9-16-24(2,22)23/h5-6,8,12,16H,3-4,7,9-10H2,1-2H3. The molecule has 1 unspecified atom stereocenters. The highest BCUT2D eigenvalue weighted by Crippen LogP contribution is 2.23. The molecule has 0 radical (unpaired) electrons. The summed E-state index contributed by atoms with van der Waals surface area (Å²) in [7, 11) is -3.26. The molecular weight excluding hydrogens is 334 g/mol. The number of aryl methyl sites for hydroxylation is 1. The summed E-state index contributed by atoms with van der Waals surface area (Å²) in [5.41, 5.74) is 0.711. The average molecular weight is 355 g/mol. The summed E-state index contributed by atoms with van der Waals surface area (Å²) in [5.74, 6) is -0.222. The van der Waals surface area contributed by atoms with Crippen LogP contribution in [0.15, 0.2) is 18.2 Å². The summed E-state index contributed by atoms with van der Waals surface area (Å²) < 4.78 is 24.8. The van der Waals surface area contributed by atoms with E-state index in [1.165, 1.54) is 6.07 Å². The van der Waals surface area contributed by atoms with Crippen molar-refractivity contribution >= 4 is 21.6 Å². The van der Waals surface area contributed by atoms with Crippen molar-refractivity contribution < 1.29 is 18.1 Å². The summed E-state index contributed by atoms with van der Waals surface area (Å²) in [6.45, 7) is 2.91. The Hall–Kier alpha value is -2.00. The molecule has 1 amide bonds. The first-order chi connectivity index (χ1) is 11.2. The molecule has 0 spiro atoms. The number of carbonyl (C=O) groups excluding carboxylic acids is 1. The number of hydrogen-bond donors (Lipinski definition) is 1. The Morgan fingerprint density at radius 1 is 1.46 bits per heavy atom. The van der Waals surface area contributed by atoms with Crippen LogP contribution in [0.1, 0.15) is 28.8 Å². The van der Waals surface area contributed by atoms with E-state index >= 15 is 0 Å². The molecule has 1 heterocycles. The van der Waals surface area contributed by atoms with E-state index < -0.39 is 14.9 Å². The Labute approximate surface area is 141 Å². The van der Waals surface area contributed by atoms with E-state index in [-0.39, 0.29) is 29.6 Å². The van der Waals surface area contributed by atoms with Gasteiger partial charge < -0.3 is 4.90 Å². The van der Waals surface area contributed by atoms with Gasteiger partial charge in [0.15, 0.2) is 0 Å². The van der Waals surface area contributed by atoms with Crippen LogP contribution < -0.4 is 4.72 Å². The maximum absolute atomic E-state index is 12.6. The summed E-state index contributed by atoms with van der Waals surface area (Å²) in [6.07, 6.45) is 2.71. The highest BCUT2D eigenvalue weighted by molar-refractivity contribution is 7.88. The van der Waals surface area contributed by atoms with Gasteiger partial charge in [0.1, 0.15) is 0 Å². The molecule has 132 valence electrons. The minimum absolute atomic E-state index is 0.0397. The molecule has 1 saturated heterocycles. The number of nitro groups is 1. The van der Waals surface area contributed by atoms with Gasteiger partial charge in [-0.05, 0) is 31.7 Å². The zero-order valence-corrected chi connectivity index (χ0v) is 14.5. The van der Waals surface area contributed by atoms with Gasteiger partial charge in [0.2, 0.25) is 10.0 Å². The first-order valence-electron chi connectivity index (χ1n) is 7.66. The number of likely N-dealkylation sites (tertiary alicyclic amines) is 1. The zero-order chi connectivity index (χ0) is 17.9. The van der Waals surface area contributed by atoms with Crippen LogP contribution in [-0.4, -0.2) is 50.0 Å². The molecule has 2 rings (SSSR count). The average Bonchev–Trinajstić information content (AvgIpc) is 2.52. The van der Waals surface area contributed by atoms with Gasteiger partial charge in [-0.25, -0.2) is 13.1 Å². The Kier molecular flexibility index (Phi) is 5.55. The van der Waals surface area contributed by atoms with Crippen LogP contribution in [0.5, 0.6) is 0 Å². The number of sulfonamides is 1. The second-order valence-corrected chi connectivity index (χ2v) is 7.97. The SMILES string of the molecule is Cc1ccc(C(=O)N2CCCC(CNS(C)(=O)=O)C2)cc1[N+](=O)[O-]. The van der Waals surface area contributed by atoms with Gasteiger partial charge >= 0.3 is 0 Å². The quantitative estimate of drug-likeness (QED) is 0.632. The van der Waals surface area contributed by atoms with E-state index in [1.807, 2.05) is 0 Å². The molecule has 0 bridgehead atoms. The molecule has 0 aliphatic carbocycles. The molecule has 1 aliphatic heterocycles. The lowest BCUT2D eigenvalue weighted by atomic mass is 9.97. The molecule has 1 aliphatic rings. The van der Waals surface area contributed by atoms with E-state index in [0.717, 1.165) is 19.1 Å². The first kappa shape index (κ1) is 18.3. The number of carbonyl (C=O) groups is 1. The van der Waals surface area contributed by atoms with Crippen LogP contribution >= 0.6 is 0 Å². The fourth-order valence-corrected chi connectivity index (χ4v) is 3.35. The molecule has 1 atom stereocenters. The largest absolute Gasteiger partial charge is 0.338 e. The topological polar surface area (TPSA) is 110 Å². The molecule has 1 aromatic carbocycles. The van der Waals surface area contributed by atoms with Gasteiger partial charge in [-0.3, -0.25) is 14.9 Å². The van der Waals surface area contributed by atoms with Crippen molar-refractivity contribution in [1.82, 2.24) is 9.62 Å². The third kappa shape index (κ3) is 4.75. The zero-order valence-electron chi connectivity index (χ0n) is 13.7. The second-order valence-electron chi connectivity index (χ2n) is 6.14. The van der Waals surface area contributed by atoms with E-state index in [2.05, 4.69) is 4.72 Å².